The molecule has 0 radical (unpaired) electrons. The number of aryl methyl sites for hydroxylation is 1. The van der Waals surface area contributed by atoms with Gasteiger partial charge in [0.25, 0.3) is 5.91 Å². The van der Waals surface area contributed by atoms with Crippen LogP contribution in [0.3, 0.4) is 0 Å². The molecular weight excluding hydrogens is 307 g/mol. The van der Waals surface area contributed by atoms with Crippen LogP contribution in [0, 0.1) is 12.7 Å². The molecule has 3 aromatic rings. The van der Waals surface area contributed by atoms with Crippen molar-refractivity contribution >= 4 is 17.1 Å². The fourth-order valence-electron chi connectivity index (χ4n) is 3.39. The van der Waals surface area contributed by atoms with E-state index >= 15 is 0 Å². The van der Waals surface area contributed by atoms with Crippen LogP contribution in [0.2, 0.25) is 0 Å². The highest BCUT2D eigenvalue weighted by Gasteiger charge is 2.30. The zero-order valence-corrected chi connectivity index (χ0v) is 13.3. The summed E-state index contributed by atoms with van der Waals surface area (Å²) in [6.45, 7) is 3.25. The molecule has 0 spiro atoms. The largest absolute Gasteiger partial charge is 0.336 e. The van der Waals surface area contributed by atoms with Crippen molar-refractivity contribution in [2.24, 2.45) is 0 Å². The fourth-order valence-corrected chi connectivity index (χ4v) is 3.39. The Balaban J connectivity index is 1.59. The van der Waals surface area contributed by atoms with Gasteiger partial charge in [0, 0.05) is 24.8 Å². The summed E-state index contributed by atoms with van der Waals surface area (Å²) < 4.78 is 15.1. The average Bonchev–Trinajstić information content (AvgIpc) is 3.18. The van der Waals surface area contributed by atoms with Crippen molar-refractivity contribution in [3.63, 3.8) is 0 Å². The van der Waals surface area contributed by atoms with Crippen molar-refractivity contribution in [1.29, 1.82) is 0 Å². The molecule has 6 heteroatoms. The monoisotopic (exact) mass is 324 g/mol. The molecule has 1 aliphatic rings. The molecule has 1 aromatic carbocycles. The minimum absolute atomic E-state index is 0.0625. The Hall–Kier alpha value is -2.76. The molecule has 0 N–H and O–H groups in total. The minimum atomic E-state index is -0.336. The molecule has 0 bridgehead atoms. The van der Waals surface area contributed by atoms with E-state index in [1.54, 1.807) is 6.20 Å². The number of carbonyl (C=O) groups excluding carboxylic acids is 1. The maximum atomic E-state index is 13.0. The second kappa shape index (κ2) is 5.70. The van der Waals surface area contributed by atoms with Gasteiger partial charge in [-0.05, 0) is 49.7 Å². The number of likely N-dealkylation sites (tertiary alicyclic amines) is 1. The van der Waals surface area contributed by atoms with Crippen molar-refractivity contribution < 1.29 is 9.18 Å². The standard InChI is InChI=1S/C18H17FN4O/c1-12-21-16-3-2-9-20-17(16)23(12)15-8-10-22(11-15)18(24)13-4-6-14(19)7-5-13/h2-7,9,15H,8,10-11H2,1H3. The van der Waals surface area contributed by atoms with Gasteiger partial charge in [-0.25, -0.2) is 14.4 Å². The van der Waals surface area contributed by atoms with Gasteiger partial charge in [-0.2, -0.15) is 0 Å². The number of halogens is 1. The normalized spacial score (nSPS) is 17.6. The Morgan fingerprint density at radius 2 is 2.04 bits per heavy atom. The summed E-state index contributed by atoms with van der Waals surface area (Å²) in [7, 11) is 0. The number of pyridine rings is 1. The number of carbonyl (C=O) groups is 1. The lowest BCUT2D eigenvalue weighted by atomic mass is 10.2. The van der Waals surface area contributed by atoms with Gasteiger partial charge in [-0.15, -0.1) is 0 Å². The third kappa shape index (κ3) is 2.44. The summed E-state index contributed by atoms with van der Waals surface area (Å²) in [5.74, 6) is 0.509. The highest BCUT2D eigenvalue weighted by molar-refractivity contribution is 5.94. The molecular formula is C18H17FN4O. The Morgan fingerprint density at radius 3 is 2.83 bits per heavy atom. The van der Waals surface area contributed by atoms with E-state index in [0.717, 1.165) is 23.4 Å². The molecule has 2 aromatic heterocycles. The molecule has 0 aliphatic carbocycles. The average molecular weight is 324 g/mol. The summed E-state index contributed by atoms with van der Waals surface area (Å²) >= 11 is 0. The van der Waals surface area contributed by atoms with Crippen molar-refractivity contribution in [3.8, 4) is 0 Å². The summed E-state index contributed by atoms with van der Waals surface area (Å²) in [6.07, 6.45) is 2.62. The van der Waals surface area contributed by atoms with Gasteiger partial charge in [0.2, 0.25) is 0 Å². The van der Waals surface area contributed by atoms with Gasteiger partial charge in [-0.1, -0.05) is 0 Å². The molecule has 1 atom stereocenters. The van der Waals surface area contributed by atoms with Crippen LogP contribution < -0.4 is 0 Å². The number of imidazole rings is 1. The van der Waals surface area contributed by atoms with Gasteiger partial charge in [0.1, 0.15) is 17.2 Å². The van der Waals surface area contributed by atoms with Crippen molar-refractivity contribution in [3.05, 3.63) is 59.8 Å². The number of aromatic nitrogens is 3. The van der Waals surface area contributed by atoms with E-state index in [-0.39, 0.29) is 17.8 Å². The van der Waals surface area contributed by atoms with Gasteiger partial charge >= 0.3 is 0 Å². The summed E-state index contributed by atoms with van der Waals surface area (Å²) in [5, 5.41) is 0. The molecule has 5 nitrogen and oxygen atoms in total. The zero-order valence-electron chi connectivity index (χ0n) is 13.3. The number of amides is 1. The van der Waals surface area contributed by atoms with Gasteiger partial charge in [0.05, 0.1) is 6.04 Å². The molecule has 24 heavy (non-hydrogen) atoms. The van der Waals surface area contributed by atoms with E-state index in [1.807, 2.05) is 24.0 Å². The number of nitrogens with zero attached hydrogens (tertiary/aromatic N) is 4. The lowest BCUT2D eigenvalue weighted by molar-refractivity contribution is 0.0787. The first kappa shape index (κ1) is 14.8. The van der Waals surface area contributed by atoms with E-state index in [2.05, 4.69) is 14.5 Å². The lowest BCUT2D eigenvalue weighted by Gasteiger charge is -2.18. The molecule has 0 saturated carbocycles. The summed E-state index contributed by atoms with van der Waals surface area (Å²) in [5.41, 5.74) is 2.25. The molecule has 1 saturated heterocycles. The van der Waals surface area contributed by atoms with E-state index in [1.165, 1.54) is 24.3 Å². The number of fused-ring (bicyclic) bond motifs is 1. The van der Waals surface area contributed by atoms with Crippen LogP contribution in [-0.2, 0) is 0 Å². The molecule has 1 aliphatic heterocycles. The molecule has 3 heterocycles. The smallest absolute Gasteiger partial charge is 0.253 e. The second-order valence-electron chi connectivity index (χ2n) is 6.08. The third-order valence-electron chi connectivity index (χ3n) is 4.53. The summed E-state index contributed by atoms with van der Waals surface area (Å²) in [6, 6.07) is 9.68. The number of hydrogen-bond donors (Lipinski definition) is 0. The highest BCUT2D eigenvalue weighted by Crippen LogP contribution is 2.27. The van der Waals surface area contributed by atoms with Gasteiger partial charge in [-0.3, -0.25) is 4.79 Å². The highest BCUT2D eigenvalue weighted by atomic mass is 19.1. The molecule has 1 fully saturated rings. The maximum Gasteiger partial charge on any atom is 0.253 e. The van der Waals surface area contributed by atoms with E-state index in [4.69, 9.17) is 0 Å². The lowest BCUT2D eigenvalue weighted by Crippen LogP contribution is -2.29. The van der Waals surface area contributed by atoms with Crippen LogP contribution >= 0.6 is 0 Å². The molecule has 4 rings (SSSR count). The van der Waals surface area contributed by atoms with Crippen LogP contribution in [0.5, 0.6) is 0 Å². The van der Waals surface area contributed by atoms with Crippen molar-refractivity contribution in [2.75, 3.05) is 13.1 Å². The van der Waals surface area contributed by atoms with Crippen molar-refractivity contribution in [1.82, 2.24) is 19.4 Å². The number of rotatable bonds is 2. The van der Waals surface area contributed by atoms with E-state index in [9.17, 15) is 9.18 Å². The quantitative estimate of drug-likeness (QED) is 0.728. The van der Waals surface area contributed by atoms with Crippen LogP contribution in [0.1, 0.15) is 28.6 Å². The fraction of sp³-hybridized carbons (Fsp3) is 0.278. The first-order chi connectivity index (χ1) is 11.6. The van der Waals surface area contributed by atoms with Gasteiger partial charge in [0.15, 0.2) is 5.65 Å². The number of hydrogen-bond acceptors (Lipinski definition) is 3. The van der Waals surface area contributed by atoms with Crippen LogP contribution in [0.25, 0.3) is 11.2 Å². The summed E-state index contributed by atoms with van der Waals surface area (Å²) in [4.78, 5) is 23.4. The van der Waals surface area contributed by atoms with E-state index < -0.39 is 0 Å². The predicted molar refractivity (Wildman–Crippen MR) is 88.2 cm³/mol. The first-order valence-electron chi connectivity index (χ1n) is 7.98. The Morgan fingerprint density at radius 1 is 1.25 bits per heavy atom. The molecule has 1 unspecified atom stereocenters. The molecule has 1 amide bonds. The van der Waals surface area contributed by atoms with Crippen LogP contribution in [0.4, 0.5) is 4.39 Å². The van der Waals surface area contributed by atoms with Crippen LogP contribution in [-0.4, -0.2) is 38.4 Å². The van der Waals surface area contributed by atoms with Crippen LogP contribution in [0.15, 0.2) is 42.6 Å². The Labute approximate surface area is 138 Å². The predicted octanol–water partition coefficient (Wildman–Crippen LogP) is 2.97. The number of benzene rings is 1. The Kier molecular flexibility index (Phi) is 3.52. The topological polar surface area (TPSA) is 51.0 Å². The minimum Gasteiger partial charge on any atom is -0.336 e. The Bertz CT molecular complexity index is 903. The third-order valence-corrected chi connectivity index (χ3v) is 4.53. The SMILES string of the molecule is Cc1nc2cccnc2n1C1CCN(C(=O)c2ccc(F)cc2)C1. The first-order valence-corrected chi connectivity index (χ1v) is 7.98. The zero-order chi connectivity index (χ0) is 16.7. The second-order valence-corrected chi connectivity index (χ2v) is 6.08. The van der Waals surface area contributed by atoms with Crippen molar-refractivity contribution in [2.45, 2.75) is 19.4 Å². The van der Waals surface area contributed by atoms with E-state index in [0.29, 0.717) is 18.7 Å². The maximum absolute atomic E-state index is 13.0. The molecule has 122 valence electrons. The van der Waals surface area contributed by atoms with Gasteiger partial charge < -0.3 is 9.47 Å².